The molecular weight excluding hydrogens is 194 g/mol. The van der Waals surface area contributed by atoms with Gasteiger partial charge in [-0.15, -0.1) is 0 Å². The monoisotopic (exact) mass is 215 g/mol. The molecule has 1 atom stereocenters. The second-order valence-electron chi connectivity index (χ2n) is 4.67. The highest BCUT2D eigenvalue weighted by atomic mass is 32.1. The molecule has 0 aromatic heterocycles. The average Bonchev–Trinajstić information content (AvgIpc) is 2.18. The second-order valence-corrected chi connectivity index (χ2v) is 5.44. The van der Waals surface area contributed by atoms with Crippen LogP contribution in [0, 0.1) is 5.41 Å². The molecule has 0 N–H and O–H groups in total. The molecule has 1 rings (SSSR count). The molecule has 0 aliphatic carbocycles. The van der Waals surface area contributed by atoms with Crippen LogP contribution in [0.1, 0.15) is 40.0 Å². The maximum atomic E-state index is 11.6. The van der Waals surface area contributed by atoms with Crippen molar-refractivity contribution < 1.29 is 4.79 Å². The van der Waals surface area contributed by atoms with Crippen LogP contribution in [-0.4, -0.2) is 29.1 Å². The molecule has 0 spiro atoms. The summed E-state index contributed by atoms with van der Waals surface area (Å²) in [6.07, 6.45) is 3.48. The average molecular weight is 215 g/mol. The quantitative estimate of drug-likeness (QED) is 0.701. The van der Waals surface area contributed by atoms with E-state index in [1.807, 2.05) is 11.8 Å². The fourth-order valence-corrected chi connectivity index (χ4v) is 2.05. The third-order valence-corrected chi connectivity index (χ3v) is 3.71. The summed E-state index contributed by atoms with van der Waals surface area (Å²) in [4.78, 5) is 13.6. The minimum absolute atomic E-state index is 0.152. The van der Waals surface area contributed by atoms with Crippen molar-refractivity contribution in [1.82, 2.24) is 4.90 Å². The lowest BCUT2D eigenvalue weighted by atomic mass is 9.78. The Bertz CT molecular complexity index is 207. The molecule has 82 valence electrons. The Morgan fingerprint density at radius 3 is 2.36 bits per heavy atom. The third-order valence-electron chi connectivity index (χ3n) is 3.49. The van der Waals surface area contributed by atoms with Gasteiger partial charge in [0.1, 0.15) is 0 Å². The molecule has 2 nitrogen and oxygen atoms in total. The van der Waals surface area contributed by atoms with Crippen molar-refractivity contribution in [2.45, 2.75) is 45.3 Å². The first kappa shape index (κ1) is 11.9. The van der Waals surface area contributed by atoms with Crippen LogP contribution < -0.4 is 0 Å². The summed E-state index contributed by atoms with van der Waals surface area (Å²) >= 11 is 4.18. The van der Waals surface area contributed by atoms with Gasteiger partial charge in [0.25, 0.3) is 0 Å². The predicted molar refractivity (Wildman–Crippen MR) is 62.7 cm³/mol. The second kappa shape index (κ2) is 4.56. The molecule has 1 aliphatic heterocycles. The van der Waals surface area contributed by atoms with Crippen LogP contribution >= 0.6 is 12.6 Å². The van der Waals surface area contributed by atoms with Gasteiger partial charge in [-0.05, 0) is 25.2 Å². The molecule has 0 radical (unpaired) electrons. The Hall–Kier alpha value is -0.180. The van der Waals surface area contributed by atoms with Gasteiger partial charge in [-0.2, -0.15) is 12.6 Å². The zero-order valence-electron chi connectivity index (χ0n) is 9.42. The minimum atomic E-state index is -0.152. The molecule has 1 aliphatic rings. The van der Waals surface area contributed by atoms with Crippen molar-refractivity contribution >= 4 is 18.5 Å². The number of piperidine rings is 1. The van der Waals surface area contributed by atoms with Crippen LogP contribution in [0.15, 0.2) is 0 Å². The molecule has 0 saturated carbocycles. The van der Waals surface area contributed by atoms with E-state index in [-0.39, 0.29) is 11.2 Å². The van der Waals surface area contributed by atoms with E-state index in [4.69, 9.17) is 0 Å². The van der Waals surface area contributed by atoms with E-state index in [2.05, 4.69) is 26.5 Å². The number of nitrogens with zero attached hydrogens (tertiary/aromatic N) is 1. The molecule has 1 fully saturated rings. The summed E-state index contributed by atoms with van der Waals surface area (Å²) in [6, 6.07) is 0. The van der Waals surface area contributed by atoms with E-state index in [9.17, 15) is 4.79 Å². The summed E-state index contributed by atoms with van der Waals surface area (Å²) in [6.45, 7) is 8.22. The van der Waals surface area contributed by atoms with Crippen LogP contribution in [0.3, 0.4) is 0 Å². The number of thiol groups is 1. The summed E-state index contributed by atoms with van der Waals surface area (Å²) in [7, 11) is 0. The van der Waals surface area contributed by atoms with Crippen molar-refractivity contribution in [2.75, 3.05) is 13.1 Å². The van der Waals surface area contributed by atoms with Crippen molar-refractivity contribution in [3.05, 3.63) is 0 Å². The molecule has 1 heterocycles. The van der Waals surface area contributed by atoms with E-state index in [1.165, 1.54) is 6.42 Å². The lowest BCUT2D eigenvalue weighted by molar-refractivity contribution is -0.132. The molecule has 14 heavy (non-hydrogen) atoms. The predicted octanol–water partition coefficient (Wildman–Crippen LogP) is 2.34. The number of hydrogen-bond acceptors (Lipinski definition) is 2. The molecule has 1 unspecified atom stereocenters. The summed E-state index contributed by atoms with van der Waals surface area (Å²) in [5, 5.41) is -0.152. The van der Waals surface area contributed by atoms with Gasteiger partial charge < -0.3 is 4.90 Å². The van der Waals surface area contributed by atoms with Crippen molar-refractivity contribution in [3.63, 3.8) is 0 Å². The van der Waals surface area contributed by atoms with Crippen LogP contribution in [-0.2, 0) is 4.79 Å². The van der Waals surface area contributed by atoms with Gasteiger partial charge in [0.05, 0.1) is 5.25 Å². The Morgan fingerprint density at radius 1 is 1.50 bits per heavy atom. The normalized spacial score (nSPS) is 23.3. The third kappa shape index (κ3) is 2.66. The number of hydrogen-bond donors (Lipinski definition) is 1. The smallest absolute Gasteiger partial charge is 0.235 e. The SMILES string of the molecule is CCC1(C)CCN(C(=O)C(C)S)CC1. The maximum Gasteiger partial charge on any atom is 0.235 e. The van der Waals surface area contributed by atoms with E-state index >= 15 is 0 Å². The highest BCUT2D eigenvalue weighted by Gasteiger charge is 2.30. The fraction of sp³-hybridized carbons (Fsp3) is 0.909. The van der Waals surface area contributed by atoms with Crippen molar-refractivity contribution in [2.24, 2.45) is 5.41 Å². The maximum absolute atomic E-state index is 11.6. The first-order chi connectivity index (χ1) is 6.48. The number of carbonyl (C=O) groups excluding carboxylic acids is 1. The van der Waals surface area contributed by atoms with Gasteiger partial charge >= 0.3 is 0 Å². The topological polar surface area (TPSA) is 20.3 Å². The van der Waals surface area contributed by atoms with E-state index in [0.717, 1.165) is 25.9 Å². The van der Waals surface area contributed by atoms with E-state index < -0.39 is 0 Å². The first-order valence-corrected chi connectivity index (χ1v) is 5.97. The minimum Gasteiger partial charge on any atom is -0.342 e. The van der Waals surface area contributed by atoms with Gasteiger partial charge in [-0.3, -0.25) is 4.79 Å². The Balaban J connectivity index is 2.47. The van der Waals surface area contributed by atoms with Crippen molar-refractivity contribution in [3.8, 4) is 0 Å². The molecule has 0 aromatic rings. The number of amides is 1. The lowest BCUT2D eigenvalue weighted by Crippen LogP contribution is -2.44. The van der Waals surface area contributed by atoms with Crippen LogP contribution in [0.25, 0.3) is 0 Å². The summed E-state index contributed by atoms with van der Waals surface area (Å²) < 4.78 is 0. The van der Waals surface area contributed by atoms with Crippen LogP contribution in [0.4, 0.5) is 0 Å². The van der Waals surface area contributed by atoms with Gasteiger partial charge in [0, 0.05) is 13.1 Å². The van der Waals surface area contributed by atoms with E-state index in [1.54, 1.807) is 0 Å². The Kier molecular flexibility index (Phi) is 3.87. The van der Waals surface area contributed by atoms with Gasteiger partial charge in [0.15, 0.2) is 0 Å². The molecule has 1 amide bonds. The van der Waals surface area contributed by atoms with Crippen molar-refractivity contribution in [1.29, 1.82) is 0 Å². The molecular formula is C11H21NOS. The summed E-state index contributed by atoms with van der Waals surface area (Å²) in [5.74, 6) is 0.187. The van der Waals surface area contributed by atoms with Crippen LogP contribution in [0.5, 0.6) is 0 Å². The highest BCUT2D eigenvalue weighted by molar-refractivity contribution is 7.81. The molecule has 1 saturated heterocycles. The van der Waals surface area contributed by atoms with Gasteiger partial charge in [0.2, 0.25) is 5.91 Å². The zero-order chi connectivity index (χ0) is 10.8. The van der Waals surface area contributed by atoms with Gasteiger partial charge in [-0.25, -0.2) is 0 Å². The number of carbonyl (C=O) groups is 1. The summed E-state index contributed by atoms with van der Waals surface area (Å²) in [5.41, 5.74) is 0.455. The number of likely N-dealkylation sites (tertiary alicyclic amines) is 1. The van der Waals surface area contributed by atoms with Crippen LogP contribution in [0.2, 0.25) is 0 Å². The fourth-order valence-electron chi connectivity index (χ4n) is 1.88. The van der Waals surface area contributed by atoms with E-state index in [0.29, 0.717) is 5.41 Å². The molecule has 0 bridgehead atoms. The Morgan fingerprint density at radius 2 is 2.00 bits per heavy atom. The number of rotatable bonds is 2. The Labute approximate surface area is 92.5 Å². The van der Waals surface area contributed by atoms with Gasteiger partial charge in [-0.1, -0.05) is 20.3 Å². The molecule has 0 aromatic carbocycles. The zero-order valence-corrected chi connectivity index (χ0v) is 10.3. The largest absolute Gasteiger partial charge is 0.342 e. The lowest BCUT2D eigenvalue weighted by Gasteiger charge is -2.39. The molecule has 3 heteroatoms. The highest BCUT2D eigenvalue weighted by Crippen LogP contribution is 2.34. The standard InChI is InChI=1S/C11H21NOS/c1-4-11(3)5-7-12(8-6-11)10(13)9(2)14/h9,14H,4-8H2,1-3H3. The first-order valence-electron chi connectivity index (χ1n) is 5.45.